The van der Waals surface area contributed by atoms with Crippen LogP contribution in [0.3, 0.4) is 0 Å². The van der Waals surface area contributed by atoms with E-state index in [0.29, 0.717) is 0 Å². The molecule has 0 amide bonds. The first-order chi connectivity index (χ1) is 9.61. The van der Waals surface area contributed by atoms with Crippen molar-refractivity contribution in [3.05, 3.63) is 58.4 Å². The predicted molar refractivity (Wildman–Crippen MR) is 83.6 cm³/mol. The summed E-state index contributed by atoms with van der Waals surface area (Å²) >= 11 is 6.09. The van der Waals surface area contributed by atoms with E-state index >= 15 is 0 Å². The van der Waals surface area contributed by atoms with Gasteiger partial charge in [0.25, 0.3) is 0 Å². The molecule has 0 bridgehead atoms. The molecule has 0 fully saturated rings. The highest BCUT2D eigenvalue weighted by Gasteiger charge is 2.09. The highest BCUT2D eigenvalue weighted by Crippen LogP contribution is 2.29. The summed E-state index contributed by atoms with van der Waals surface area (Å²) < 4.78 is 13.2. The van der Waals surface area contributed by atoms with Gasteiger partial charge in [-0.3, -0.25) is 0 Å². The van der Waals surface area contributed by atoms with E-state index in [9.17, 15) is 4.39 Å². The normalized spacial score (nSPS) is 10.8. The van der Waals surface area contributed by atoms with Crippen molar-refractivity contribution in [2.24, 2.45) is 0 Å². The fraction of sp³-hybridized carbons (Fsp3) is 0.294. The van der Waals surface area contributed by atoms with Gasteiger partial charge in [0.15, 0.2) is 0 Å². The maximum Gasteiger partial charge on any atom is 0.123 e. The molecule has 0 heterocycles. The van der Waals surface area contributed by atoms with Crippen molar-refractivity contribution in [2.45, 2.75) is 26.8 Å². The molecule has 0 aliphatic rings. The van der Waals surface area contributed by atoms with Gasteiger partial charge in [-0.2, -0.15) is 0 Å². The molecule has 0 aliphatic heterocycles. The van der Waals surface area contributed by atoms with E-state index in [-0.39, 0.29) is 5.82 Å². The molecule has 20 heavy (non-hydrogen) atoms. The maximum atomic E-state index is 13.2. The van der Waals surface area contributed by atoms with Gasteiger partial charge in [0, 0.05) is 11.6 Å². The lowest BCUT2D eigenvalue weighted by Gasteiger charge is -2.13. The monoisotopic (exact) mass is 291 g/mol. The van der Waals surface area contributed by atoms with Gasteiger partial charge in [0.2, 0.25) is 0 Å². The Morgan fingerprint density at radius 3 is 2.55 bits per heavy atom. The van der Waals surface area contributed by atoms with Crippen LogP contribution < -0.4 is 5.32 Å². The second-order valence-corrected chi connectivity index (χ2v) is 5.37. The number of nitrogens with one attached hydrogen (secondary N) is 1. The Morgan fingerprint density at radius 2 is 1.85 bits per heavy atom. The fourth-order valence-electron chi connectivity index (χ4n) is 2.30. The standard InChI is InChI=1S/C17H19ClFN/c1-3-8-20-11-13-10-14(18)4-6-17(13)16-7-5-15(19)9-12(16)2/h4-7,9-10,20H,3,8,11H2,1-2H3. The Kier molecular flexibility index (Phi) is 5.16. The maximum absolute atomic E-state index is 13.2. The zero-order valence-corrected chi connectivity index (χ0v) is 12.6. The van der Waals surface area contributed by atoms with E-state index in [4.69, 9.17) is 11.6 Å². The highest BCUT2D eigenvalue weighted by atomic mass is 35.5. The van der Waals surface area contributed by atoms with Crippen molar-refractivity contribution < 1.29 is 4.39 Å². The smallest absolute Gasteiger partial charge is 0.123 e. The minimum atomic E-state index is -0.203. The SMILES string of the molecule is CCCNCc1cc(Cl)ccc1-c1ccc(F)cc1C. The average molecular weight is 292 g/mol. The first-order valence-corrected chi connectivity index (χ1v) is 7.25. The van der Waals surface area contributed by atoms with Crippen LogP contribution in [0.4, 0.5) is 4.39 Å². The number of hydrogen-bond acceptors (Lipinski definition) is 1. The van der Waals surface area contributed by atoms with E-state index in [1.807, 2.05) is 31.2 Å². The van der Waals surface area contributed by atoms with Crippen LogP contribution >= 0.6 is 11.6 Å². The van der Waals surface area contributed by atoms with Gasteiger partial charge in [0.05, 0.1) is 0 Å². The summed E-state index contributed by atoms with van der Waals surface area (Å²) in [6.07, 6.45) is 1.09. The number of hydrogen-bond donors (Lipinski definition) is 1. The molecule has 0 aliphatic carbocycles. The first-order valence-electron chi connectivity index (χ1n) is 6.87. The Balaban J connectivity index is 2.39. The topological polar surface area (TPSA) is 12.0 Å². The Labute approximate surface area is 124 Å². The molecule has 3 heteroatoms. The van der Waals surface area contributed by atoms with Crippen molar-refractivity contribution in [1.82, 2.24) is 5.32 Å². The second kappa shape index (κ2) is 6.87. The van der Waals surface area contributed by atoms with E-state index in [2.05, 4.69) is 12.2 Å². The van der Waals surface area contributed by atoms with Crippen LogP contribution in [-0.2, 0) is 6.54 Å². The molecule has 1 nitrogen and oxygen atoms in total. The highest BCUT2D eigenvalue weighted by molar-refractivity contribution is 6.30. The van der Waals surface area contributed by atoms with Crippen LogP contribution in [0.1, 0.15) is 24.5 Å². The van der Waals surface area contributed by atoms with Gasteiger partial charge >= 0.3 is 0 Å². The lowest BCUT2D eigenvalue weighted by Crippen LogP contribution is -2.14. The average Bonchev–Trinajstić information content (AvgIpc) is 2.40. The van der Waals surface area contributed by atoms with Crippen LogP contribution in [0.25, 0.3) is 11.1 Å². The molecule has 2 rings (SSSR count). The molecule has 0 radical (unpaired) electrons. The van der Waals surface area contributed by atoms with Gasteiger partial charge in [-0.15, -0.1) is 0 Å². The zero-order valence-electron chi connectivity index (χ0n) is 11.8. The summed E-state index contributed by atoms with van der Waals surface area (Å²) in [6.45, 7) is 5.79. The summed E-state index contributed by atoms with van der Waals surface area (Å²) in [5.74, 6) is -0.203. The summed E-state index contributed by atoms with van der Waals surface area (Å²) in [7, 11) is 0. The fourth-order valence-corrected chi connectivity index (χ4v) is 2.50. The Bertz CT molecular complexity index is 596. The van der Waals surface area contributed by atoms with Gasteiger partial charge in [0.1, 0.15) is 5.82 Å². The van der Waals surface area contributed by atoms with Crippen molar-refractivity contribution in [3.8, 4) is 11.1 Å². The quantitative estimate of drug-likeness (QED) is 0.768. The summed E-state index contributed by atoms with van der Waals surface area (Å²) in [4.78, 5) is 0. The Morgan fingerprint density at radius 1 is 1.10 bits per heavy atom. The van der Waals surface area contributed by atoms with Crippen LogP contribution in [-0.4, -0.2) is 6.54 Å². The van der Waals surface area contributed by atoms with Gasteiger partial charge in [-0.05, 0) is 66.4 Å². The molecule has 1 N–H and O–H groups in total. The minimum absolute atomic E-state index is 0.203. The third-order valence-corrected chi connectivity index (χ3v) is 3.52. The lowest BCUT2D eigenvalue weighted by atomic mass is 9.96. The molecule has 0 spiro atoms. The van der Waals surface area contributed by atoms with E-state index in [0.717, 1.165) is 46.8 Å². The number of benzene rings is 2. The molecule has 106 valence electrons. The van der Waals surface area contributed by atoms with Crippen molar-refractivity contribution >= 4 is 11.6 Å². The van der Waals surface area contributed by atoms with Gasteiger partial charge in [-0.1, -0.05) is 30.7 Å². The molecule has 0 saturated carbocycles. The van der Waals surface area contributed by atoms with Crippen LogP contribution in [0.2, 0.25) is 5.02 Å². The molecule has 2 aromatic carbocycles. The largest absolute Gasteiger partial charge is 0.313 e. The molecular formula is C17H19ClFN. The summed E-state index contributed by atoms with van der Waals surface area (Å²) in [6, 6.07) is 10.8. The first kappa shape index (κ1) is 15.0. The van der Waals surface area contributed by atoms with Gasteiger partial charge in [-0.25, -0.2) is 4.39 Å². The molecule has 0 saturated heterocycles. The minimum Gasteiger partial charge on any atom is -0.313 e. The van der Waals surface area contributed by atoms with Crippen LogP contribution in [0.15, 0.2) is 36.4 Å². The third kappa shape index (κ3) is 3.59. The van der Waals surface area contributed by atoms with E-state index < -0.39 is 0 Å². The number of halogens is 2. The van der Waals surface area contributed by atoms with Gasteiger partial charge < -0.3 is 5.32 Å². The van der Waals surface area contributed by atoms with Crippen molar-refractivity contribution in [1.29, 1.82) is 0 Å². The molecule has 2 aromatic rings. The zero-order chi connectivity index (χ0) is 14.5. The third-order valence-electron chi connectivity index (χ3n) is 3.29. The molecule has 0 unspecified atom stereocenters. The molecular weight excluding hydrogens is 273 g/mol. The number of rotatable bonds is 5. The Hall–Kier alpha value is -1.38. The van der Waals surface area contributed by atoms with E-state index in [1.54, 1.807) is 6.07 Å². The molecule has 0 atom stereocenters. The van der Waals surface area contributed by atoms with Crippen LogP contribution in [0, 0.1) is 12.7 Å². The predicted octanol–water partition coefficient (Wildman–Crippen LogP) is 4.95. The second-order valence-electron chi connectivity index (χ2n) is 4.94. The van der Waals surface area contributed by atoms with Crippen LogP contribution in [0.5, 0.6) is 0 Å². The van der Waals surface area contributed by atoms with E-state index in [1.165, 1.54) is 6.07 Å². The summed E-state index contributed by atoms with van der Waals surface area (Å²) in [5.41, 5.74) is 4.23. The molecule has 0 aromatic heterocycles. The van der Waals surface area contributed by atoms with Crippen molar-refractivity contribution in [2.75, 3.05) is 6.54 Å². The van der Waals surface area contributed by atoms with Crippen molar-refractivity contribution in [3.63, 3.8) is 0 Å². The lowest BCUT2D eigenvalue weighted by molar-refractivity contribution is 0.627. The number of aryl methyl sites for hydroxylation is 1. The summed E-state index contributed by atoms with van der Waals surface area (Å²) in [5, 5.41) is 4.11.